The lowest BCUT2D eigenvalue weighted by Gasteiger charge is -2.22. The molecule has 1 heterocycles. The molecule has 6 heteroatoms. The van der Waals surface area contributed by atoms with Gasteiger partial charge in [0.25, 0.3) is 0 Å². The van der Waals surface area contributed by atoms with Crippen LogP contribution in [0.15, 0.2) is 12.4 Å². The van der Waals surface area contributed by atoms with E-state index in [2.05, 4.69) is 10.3 Å². The maximum atomic E-state index is 11.8. The van der Waals surface area contributed by atoms with Crippen LogP contribution >= 0.6 is 0 Å². The minimum absolute atomic E-state index is 0.0387. The van der Waals surface area contributed by atoms with Crippen LogP contribution in [0.1, 0.15) is 25.7 Å². The van der Waals surface area contributed by atoms with Gasteiger partial charge in [-0.2, -0.15) is 0 Å². The van der Waals surface area contributed by atoms with Gasteiger partial charge in [0, 0.05) is 26.6 Å². The standard InChI is InChI=1S/C13H23N3O3/c1-10(2)12(13-14-5-6-16(13)3)15-11(17)9-19-8-7-18-4/h5-6,10,12H,7-9H2,1-4H3,(H,15,17)/t12-/m0/s1. The molecule has 0 bridgehead atoms. The topological polar surface area (TPSA) is 65.4 Å². The summed E-state index contributed by atoms with van der Waals surface area (Å²) in [4.78, 5) is 16.1. The Morgan fingerprint density at radius 2 is 2.21 bits per heavy atom. The fourth-order valence-electron chi connectivity index (χ4n) is 1.73. The molecule has 0 aliphatic rings. The van der Waals surface area contributed by atoms with Crippen LogP contribution in [0.25, 0.3) is 0 Å². The van der Waals surface area contributed by atoms with Gasteiger partial charge in [-0.05, 0) is 5.92 Å². The second-order valence-electron chi connectivity index (χ2n) is 4.73. The Morgan fingerprint density at radius 3 is 2.74 bits per heavy atom. The molecule has 6 nitrogen and oxygen atoms in total. The first-order chi connectivity index (χ1) is 9.06. The van der Waals surface area contributed by atoms with Gasteiger partial charge in [-0.1, -0.05) is 13.8 Å². The number of rotatable bonds is 8. The van der Waals surface area contributed by atoms with Crippen LogP contribution in [0.3, 0.4) is 0 Å². The molecule has 1 amide bonds. The zero-order valence-corrected chi connectivity index (χ0v) is 12.0. The quantitative estimate of drug-likeness (QED) is 0.712. The summed E-state index contributed by atoms with van der Waals surface area (Å²) in [6.45, 7) is 5.03. The van der Waals surface area contributed by atoms with Crippen molar-refractivity contribution in [1.29, 1.82) is 0 Å². The molecule has 0 radical (unpaired) electrons. The van der Waals surface area contributed by atoms with Crippen LogP contribution in [0, 0.1) is 5.92 Å². The van der Waals surface area contributed by atoms with Crippen LogP contribution in [0.4, 0.5) is 0 Å². The fourth-order valence-corrected chi connectivity index (χ4v) is 1.73. The van der Waals surface area contributed by atoms with Crippen molar-refractivity contribution in [3.05, 3.63) is 18.2 Å². The van der Waals surface area contributed by atoms with Crippen molar-refractivity contribution in [3.63, 3.8) is 0 Å². The van der Waals surface area contributed by atoms with Gasteiger partial charge in [0.05, 0.1) is 19.3 Å². The van der Waals surface area contributed by atoms with Gasteiger partial charge in [0.15, 0.2) is 0 Å². The molecule has 0 aromatic carbocycles. The second-order valence-corrected chi connectivity index (χ2v) is 4.73. The maximum absolute atomic E-state index is 11.8. The summed E-state index contributed by atoms with van der Waals surface area (Å²) in [5.74, 6) is 0.960. The van der Waals surface area contributed by atoms with Crippen molar-refractivity contribution in [3.8, 4) is 0 Å². The van der Waals surface area contributed by atoms with Crippen molar-refractivity contribution in [2.45, 2.75) is 19.9 Å². The molecule has 0 saturated carbocycles. The first kappa shape index (κ1) is 15.7. The summed E-state index contributed by atoms with van der Waals surface area (Å²) in [7, 11) is 3.51. The van der Waals surface area contributed by atoms with E-state index in [1.807, 2.05) is 31.7 Å². The second kappa shape index (κ2) is 7.91. The molecule has 1 N–H and O–H groups in total. The number of hydrogen-bond donors (Lipinski definition) is 1. The lowest BCUT2D eigenvalue weighted by molar-refractivity contribution is -0.127. The smallest absolute Gasteiger partial charge is 0.246 e. The molecule has 0 aliphatic carbocycles. The summed E-state index contributed by atoms with van der Waals surface area (Å²) in [5, 5.41) is 2.95. The highest BCUT2D eigenvalue weighted by atomic mass is 16.5. The summed E-state index contributed by atoms with van der Waals surface area (Å²) in [6.07, 6.45) is 3.60. The Balaban J connectivity index is 2.51. The fraction of sp³-hybridized carbons (Fsp3) is 0.692. The third-order valence-corrected chi connectivity index (χ3v) is 2.78. The van der Waals surface area contributed by atoms with Crippen LogP contribution in [-0.4, -0.2) is 42.4 Å². The van der Waals surface area contributed by atoms with Gasteiger partial charge in [0.1, 0.15) is 12.4 Å². The zero-order valence-electron chi connectivity index (χ0n) is 12.0. The van der Waals surface area contributed by atoms with E-state index in [1.54, 1.807) is 13.3 Å². The van der Waals surface area contributed by atoms with E-state index in [1.165, 1.54) is 0 Å². The lowest BCUT2D eigenvalue weighted by atomic mass is 10.0. The van der Waals surface area contributed by atoms with Crippen molar-refractivity contribution in [2.24, 2.45) is 13.0 Å². The van der Waals surface area contributed by atoms with E-state index in [9.17, 15) is 4.79 Å². The Hall–Kier alpha value is -1.40. The molecule has 0 aliphatic heterocycles. The van der Waals surface area contributed by atoms with Crippen LogP contribution in [0.2, 0.25) is 0 Å². The van der Waals surface area contributed by atoms with E-state index < -0.39 is 0 Å². The molecular weight excluding hydrogens is 246 g/mol. The Labute approximate surface area is 114 Å². The van der Waals surface area contributed by atoms with Gasteiger partial charge >= 0.3 is 0 Å². The van der Waals surface area contributed by atoms with Gasteiger partial charge in [-0.25, -0.2) is 4.98 Å². The maximum Gasteiger partial charge on any atom is 0.246 e. The number of methoxy groups -OCH3 is 1. The molecular formula is C13H23N3O3. The molecule has 0 spiro atoms. The van der Waals surface area contributed by atoms with E-state index in [0.29, 0.717) is 13.2 Å². The Bertz CT molecular complexity index is 390. The molecule has 1 aromatic rings. The van der Waals surface area contributed by atoms with Crippen molar-refractivity contribution < 1.29 is 14.3 Å². The minimum atomic E-state index is -0.141. The van der Waals surface area contributed by atoms with Gasteiger partial charge in [0.2, 0.25) is 5.91 Å². The summed E-state index contributed by atoms with van der Waals surface area (Å²) in [6, 6.07) is -0.112. The van der Waals surface area contributed by atoms with E-state index in [-0.39, 0.29) is 24.5 Å². The molecule has 1 aromatic heterocycles. The number of imidazole rings is 1. The molecule has 0 unspecified atom stereocenters. The number of nitrogens with one attached hydrogen (secondary N) is 1. The minimum Gasteiger partial charge on any atom is -0.382 e. The number of nitrogens with zero attached hydrogens (tertiary/aromatic N) is 2. The number of aryl methyl sites for hydroxylation is 1. The monoisotopic (exact) mass is 269 g/mol. The lowest BCUT2D eigenvalue weighted by Crippen LogP contribution is -2.36. The summed E-state index contributed by atoms with van der Waals surface area (Å²) in [5.41, 5.74) is 0. The molecule has 108 valence electrons. The average molecular weight is 269 g/mol. The van der Waals surface area contributed by atoms with Gasteiger partial charge in [-0.15, -0.1) is 0 Å². The van der Waals surface area contributed by atoms with E-state index >= 15 is 0 Å². The molecule has 1 rings (SSSR count). The van der Waals surface area contributed by atoms with Crippen LogP contribution in [0.5, 0.6) is 0 Å². The van der Waals surface area contributed by atoms with Crippen LogP contribution in [-0.2, 0) is 21.3 Å². The first-order valence-electron chi connectivity index (χ1n) is 6.39. The first-order valence-corrected chi connectivity index (χ1v) is 6.39. The van der Waals surface area contributed by atoms with E-state index in [0.717, 1.165) is 5.82 Å². The van der Waals surface area contributed by atoms with Gasteiger partial charge in [-0.3, -0.25) is 4.79 Å². The van der Waals surface area contributed by atoms with Crippen LogP contribution < -0.4 is 5.32 Å². The number of aromatic nitrogens is 2. The average Bonchev–Trinajstić information content (AvgIpc) is 2.77. The largest absolute Gasteiger partial charge is 0.382 e. The number of amides is 1. The van der Waals surface area contributed by atoms with Gasteiger partial charge < -0.3 is 19.4 Å². The highest BCUT2D eigenvalue weighted by Crippen LogP contribution is 2.19. The van der Waals surface area contributed by atoms with Crippen molar-refractivity contribution in [1.82, 2.24) is 14.9 Å². The zero-order chi connectivity index (χ0) is 14.3. The normalized spacial score (nSPS) is 12.7. The SMILES string of the molecule is COCCOCC(=O)N[C@H](c1nccn1C)C(C)C. The molecule has 0 fully saturated rings. The predicted octanol–water partition coefficient (Wildman–Crippen LogP) is 0.896. The Kier molecular flexibility index (Phi) is 6.52. The highest BCUT2D eigenvalue weighted by Gasteiger charge is 2.21. The Morgan fingerprint density at radius 1 is 1.47 bits per heavy atom. The third kappa shape index (κ3) is 5.00. The van der Waals surface area contributed by atoms with E-state index in [4.69, 9.17) is 9.47 Å². The summed E-state index contributed by atoms with van der Waals surface area (Å²) >= 11 is 0. The number of hydrogen-bond acceptors (Lipinski definition) is 4. The highest BCUT2D eigenvalue weighted by molar-refractivity contribution is 5.77. The number of ether oxygens (including phenoxy) is 2. The van der Waals surface area contributed by atoms with Crippen molar-refractivity contribution in [2.75, 3.05) is 26.9 Å². The molecule has 0 saturated heterocycles. The summed E-state index contributed by atoms with van der Waals surface area (Å²) < 4.78 is 12.0. The third-order valence-electron chi connectivity index (χ3n) is 2.78. The number of carbonyl (C=O) groups is 1. The predicted molar refractivity (Wildman–Crippen MR) is 71.6 cm³/mol. The molecule has 19 heavy (non-hydrogen) atoms. The number of carbonyl (C=O) groups excluding carboxylic acids is 1. The van der Waals surface area contributed by atoms with Crippen molar-refractivity contribution >= 4 is 5.91 Å². The molecule has 1 atom stereocenters.